The van der Waals surface area contributed by atoms with Crippen LogP contribution in [0.2, 0.25) is 0 Å². The Morgan fingerprint density at radius 3 is 2.72 bits per heavy atom. The Bertz CT molecular complexity index is 354. The molecule has 0 bridgehead atoms. The number of aryl methyl sites for hydroxylation is 1. The number of likely N-dealkylation sites (tertiary alicyclic amines) is 1. The number of hydrogen-bond acceptors (Lipinski definition) is 4. The number of piperidine rings is 1. The molecule has 0 saturated carbocycles. The van der Waals surface area contributed by atoms with E-state index in [-0.39, 0.29) is 0 Å². The van der Waals surface area contributed by atoms with Gasteiger partial charge in [-0.2, -0.15) is 0 Å². The maximum Gasteiger partial charge on any atom is 0.107 e. The Morgan fingerprint density at radius 2 is 2.17 bits per heavy atom. The molecule has 1 fully saturated rings. The molecule has 0 atom stereocenters. The fraction of sp³-hybridized carbons (Fsp3) is 0.786. The Labute approximate surface area is 115 Å². The average molecular weight is 267 g/mol. The molecule has 0 aromatic carbocycles. The normalized spacial score (nSPS) is 18.7. The van der Waals surface area contributed by atoms with Crippen molar-refractivity contribution in [1.29, 1.82) is 0 Å². The molecule has 2 heterocycles. The predicted molar refractivity (Wildman–Crippen MR) is 78.0 cm³/mol. The lowest BCUT2D eigenvalue weighted by Gasteiger charge is -2.33. The van der Waals surface area contributed by atoms with Crippen molar-refractivity contribution in [3.05, 3.63) is 16.1 Å². The monoisotopic (exact) mass is 267 g/mol. The number of hydrogen-bond donors (Lipinski definition) is 1. The van der Waals surface area contributed by atoms with Crippen LogP contribution in [-0.2, 0) is 6.54 Å². The molecule has 1 aliphatic rings. The van der Waals surface area contributed by atoms with Crippen molar-refractivity contribution < 1.29 is 0 Å². The molecule has 1 N–H and O–H groups in total. The highest BCUT2D eigenvalue weighted by molar-refractivity contribution is 7.09. The van der Waals surface area contributed by atoms with Crippen molar-refractivity contribution in [1.82, 2.24) is 15.2 Å². The van der Waals surface area contributed by atoms with Crippen molar-refractivity contribution >= 4 is 11.3 Å². The van der Waals surface area contributed by atoms with Gasteiger partial charge < -0.3 is 10.2 Å². The van der Waals surface area contributed by atoms with Gasteiger partial charge in [0.05, 0.1) is 0 Å². The van der Waals surface area contributed by atoms with Gasteiger partial charge in [-0.15, -0.1) is 11.3 Å². The first-order chi connectivity index (χ1) is 8.63. The largest absolute Gasteiger partial charge is 0.308 e. The summed E-state index contributed by atoms with van der Waals surface area (Å²) in [4.78, 5) is 7.09. The lowest BCUT2D eigenvalue weighted by atomic mass is 10.0. The van der Waals surface area contributed by atoms with Crippen LogP contribution in [0, 0.1) is 12.8 Å². The van der Waals surface area contributed by atoms with Gasteiger partial charge in [-0.1, -0.05) is 13.8 Å². The highest BCUT2D eigenvalue weighted by Gasteiger charge is 2.19. The number of nitrogens with zero attached hydrogens (tertiary/aromatic N) is 2. The van der Waals surface area contributed by atoms with E-state index in [1.807, 2.05) is 0 Å². The first-order valence-electron chi connectivity index (χ1n) is 7.00. The molecule has 0 radical (unpaired) electrons. The summed E-state index contributed by atoms with van der Waals surface area (Å²) in [6.07, 6.45) is 2.55. The smallest absolute Gasteiger partial charge is 0.107 e. The van der Waals surface area contributed by atoms with Crippen LogP contribution in [0.25, 0.3) is 0 Å². The van der Waals surface area contributed by atoms with Gasteiger partial charge >= 0.3 is 0 Å². The second-order valence-corrected chi connectivity index (χ2v) is 6.67. The zero-order valence-electron chi connectivity index (χ0n) is 11.8. The fourth-order valence-electron chi connectivity index (χ4n) is 2.55. The maximum atomic E-state index is 4.49. The molecule has 0 aliphatic carbocycles. The van der Waals surface area contributed by atoms with Crippen molar-refractivity contribution in [2.45, 2.75) is 46.2 Å². The standard InChI is InChI=1S/C14H25N3S/c1-11(2)9-17-6-4-13(5-7-17)15-8-14-16-12(3)10-18-14/h10-11,13,15H,4-9H2,1-3H3. The highest BCUT2D eigenvalue weighted by atomic mass is 32.1. The van der Waals surface area contributed by atoms with Gasteiger partial charge in [0, 0.05) is 30.2 Å². The summed E-state index contributed by atoms with van der Waals surface area (Å²) >= 11 is 1.76. The van der Waals surface area contributed by atoms with Crippen molar-refractivity contribution in [2.24, 2.45) is 5.92 Å². The van der Waals surface area contributed by atoms with Gasteiger partial charge in [0.1, 0.15) is 5.01 Å². The van der Waals surface area contributed by atoms with E-state index >= 15 is 0 Å². The first kappa shape index (κ1) is 14.0. The van der Waals surface area contributed by atoms with Crippen LogP contribution in [0.15, 0.2) is 5.38 Å². The summed E-state index contributed by atoms with van der Waals surface area (Å²) in [6, 6.07) is 0.678. The van der Waals surface area contributed by atoms with Crippen LogP contribution < -0.4 is 5.32 Å². The topological polar surface area (TPSA) is 28.2 Å². The molecule has 18 heavy (non-hydrogen) atoms. The van der Waals surface area contributed by atoms with Gasteiger partial charge in [-0.3, -0.25) is 0 Å². The molecule has 1 aliphatic heterocycles. The third kappa shape index (κ3) is 4.34. The van der Waals surface area contributed by atoms with Gasteiger partial charge in [0.25, 0.3) is 0 Å². The van der Waals surface area contributed by atoms with E-state index in [9.17, 15) is 0 Å². The summed E-state index contributed by atoms with van der Waals surface area (Å²) in [5.41, 5.74) is 1.14. The Morgan fingerprint density at radius 1 is 1.44 bits per heavy atom. The molecule has 4 heteroatoms. The second-order valence-electron chi connectivity index (χ2n) is 5.73. The van der Waals surface area contributed by atoms with Crippen molar-refractivity contribution in [3.8, 4) is 0 Å². The summed E-state index contributed by atoms with van der Waals surface area (Å²) in [6.45, 7) is 11.3. The zero-order valence-corrected chi connectivity index (χ0v) is 12.6. The molecule has 1 aromatic rings. The van der Waals surface area contributed by atoms with Crippen molar-refractivity contribution in [3.63, 3.8) is 0 Å². The third-order valence-corrected chi connectivity index (χ3v) is 4.39. The fourth-order valence-corrected chi connectivity index (χ4v) is 3.27. The van der Waals surface area contributed by atoms with Crippen LogP contribution in [-0.4, -0.2) is 35.6 Å². The molecule has 1 saturated heterocycles. The molecule has 1 aromatic heterocycles. The second kappa shape index (κ2) is 6.64. The Kier molecular flexibility index (Phi) is 5.15. The maximum absolute atomic E-state index is 4.49. The van der Waals surface area contributed by atoms with Crippen LogP contribution in [0.4, 0.5) is 0 Å². The minimum Gasteiger partial charge on any atom is -0.308 e. The van der Waals surface area contributed by atoms with E-state index in [0.717, 1.165) is 18.2 Å². The molecule has 0 amide bonds. The molecular formula is C14H25N3S. The number of thiazole rings is 1. The Balaban J connectivity index is 1.67. The third-order valence-electron chi connectivity index (χ3n) is 3.42. The SMILES string of the molecule is Cc1csc(CNC2CCN(CC(C)C)CC2)n1. The number of nitrogens with one attached hydrogen (secondary N) is 1. The molecule has 3 nitrogen and oxygen atoms in total. The molecular weight excluding hydrogens is 242 g/mol. The van der Waals surface area contributed by atoms with E-state index in [1.54, 1.807) is 11.3 Å². The number of rotatable bonds is 5. The minimum atomic E-state index is 0.678. The lowest BCUT2D eigenvalue weighted by molar-refractivity contribution is 0.179. The van der Waals surface area contributed by atoms with Gasteiger partial charge in [0.15, 0.2) is 0 Å². The quantitative estimate of drug-likeness (QED) is 0.889. The molecule has 0 unspecified atom stereocenters. The van der Waals surface area contributed by atoms with E-state index < -0.39 is 0 Å². The van der Waals surface area contributed by atoms with Gasteiger partial charge in [-0.05, 0) is 38.8 Å². The Hall–Kier alpha value is -0.450. The summed E-state index contributed by atoms with van der Waals surface area (Å²) in [5, 5.41) is 6.99. The van der Waals surface area contributed by atoms with Crippen LogP contribution in [0.3, 0.4) is 0 Å². The van der Waals surface area contributed by atoms with Crippen LogP contribution in [0.1, 0.15) is 37.4 Å². The predicted octanol–water partition coefficient (Wildman–Crippen LogP) is 2.66. The van der Waals surface area contributed by atoms with Crippen LogP contribution in [0.5, 0.6) is 0 Å². The summed E-state index contributed by atoms with van der Waals surface area (Å²) in [5.74, 6) is 0.785. The van der Waals surface area contributed by atoms with Gasteiger partial charge in [0.2, 0.25) is 0 Å². The van der Waals surface area contributed by atoms with Crippen molar-refractivity contribution in [2.75, 3.05) is 19.6 Å². The summed E-state index contributed by atoms with van der Waals surface area (Å²) in [7, 11) is 0. The minimum absolute atomic E-state index is 0.678. The van der Waals surface area contributed by atoms with Crippen LogP contribution >= 0.6 is 11.3 Å². The van der Waals surface area contributed by atoms with E-state index in [1.165, 1.54) is 37.5 Å². The highest BCUT2D eigenvalue weighted by Crippen LogP contribution is 2.14. The molecule has 0 spiro atoms. The van der Waals surface area contributed by atoms with E-state index in [0.29, 0.717) is 6.04 Å². The lowest BCUT2D eigenvalue weighted by Crippen LogP contribution is -2.43. The first-order valence-corrected chi connectivity index (χ1v) is 7.88. The summed E-state index contributed by atoms with van der Waals surface area (Å²) < 4.78 is 0. The molecule has 2 rings (SSSR count). The molecule has 102 valence electrons. The number of aromatic nitrogens is 1. The van der Waals surface area contributed by atoms with E-state index in [4.69, 9.17) is 0 Å². The van der Waals surface area contributed by atoms with Gasteiger partial charge in [-0.25, -0.2) is 4.98 Å². The zero-order chi connectivity index (χ0) is 13.0. The average Bonchev–Trinajstić information content (AvgIpc) is 2.74. The van der Waals surface area contributed by atoms with E-state index in [2.05, 4.69) is 41.4 Å².